The fourth-order valence-corrected chi connectivity index (χ4v) is 3.71. The van der Waals surface area contributed by atoms with Crippen molar-refractivity contribution in [2.45, 2.75) is 43.4 Å². The molecule has 0 aromatic rings. The highest BCUT2D eigenvalue weighted by molar-refractivity contribution is 7.90. The van der Waals surface area contributed by atoms with E-state index in [1.54, 1.807) is 0 Å². The second-order valence-corrected chi connectivity index (χ2v) is 7.43. The summed E-state index contributed by atoms with van der Waals surface area (Å²) in [7, 11) is -3.62. The molecule has 2 aliphatic carbocycles. The van der Waals surface area contributed by atoms with Gasteiger partial charge in [-0.3, -0.25) is 9.52 Å². The van der Waals surface area contributed by atoms with Crippen molar-refractivity contribution in [1.29, 1.82) is 0 Å². The molecular weight excluding hydrogens is 296 g/mol. The molecule has 0 unspecified atom stereocenters. The van der Waals surface area contributed by atoms with Crippen LogP contribution in [-0.4, -0.2) is 37.8 Å². The maximum atomic E-state index is 12.3. The van der Waals surface area contributed by atoms with Crippen LogP contribution in [0.2, 0.25) is 0 Å². The topological polar surface area (TPSA) is 102 Å². The molecule has 2 rings (SSSR count). The van der Waals surface area contributed by atoms with Crippen LogP contribution in [0.25, 0.3) is 0 Å². The summed E-state index contributed by atoms with van der Waals surface area (Å²) in [5.41, 5.74) is -1.17. The SMILES string of the molecule is C=CCOC(=O)N[C@]1(C(=O)NS(=O)(=O)C2CC2)C[C@H]1CC. The lowest BCUT2D eigenvalue weighted by Crippen LogP contribution is -2.52. The lowest BCUT2D eigenvalue weighted by atomic mass is 10.1. The Kier molecular flexibility index (Phi) is 4.27. The van der Waals surface area contributed by atoms with Crippen LogP contribution < -0.4 is 10.0 Å². The van der Waals surface area contributed by atoms with Crippen molar-refractivity contribution in [3.05, 3.63) is 12.7 Å². The molecule has 8 heteroatoms. The summed E-state index contributed by atoms with van der Waals surface area (Å²) in [6, 6.07) is 0. The van der Waals surface area contributed by atoms with Crippen LogP contribution in [-0.2, 0) is 19.6 Å². The zero-order chi connectivity index (χ0) is 15.7. The third-order valence-corrected chi connectivity index (χ3v) is 5.68. The molecule has 2 atom stereocenters. The van der Waals surface area contributed by atoms with Gasteiger partial charge in [0.25, 0.3) is 5.91 Å². The molecule has 21 heavy (non-hydrogen) atoms. The van der Waals surface area contributed by atoms with Crippen LogP contribution in [0, 0.1) is 5.92 Å². The van der Waals surface area contributed by atoms with Crippen molar-refractivity contribution in [3.8, 4) is 0 Å². The van der Waals surface area contributed by atoms with Crippen molar-refractivity contribution in [2.24, 2.45) is 5.92 Å². The summed E-state index contributed by atoms with van der Waals surface area (Å²) in [6.07, 6.45) is 2.89. The van der Waals surface area contributed by atoms with Crippen molar-refractivity contribution in [3.63, 3.8) is 0 Å². The highest BCUT2D eigenvalue weighted by Gasteiger charge is 2.61. The van der Waals surface area contributed by atoms with Gasteiger partial charge >= 0.3 is 6.09 Å². The molecule has 2 saturated carbocycles. The first-order valence-electron chi connectivity index (χ1n) is 6.97. The van der Waals surface area contributed by atoms with Gasteiger partial charge in [0.05, 0.1) is 5.25 Å². The average molecular weight is 316 g/mol. The van der Waals surface area contributed by atoms with E-state index < -0.39 is 32.8 Å². The Morgan fingerprint density at radius 3 is 2.57 bits per heavy atom. The van der Waals surface area contributed by atoms with Crippen LogP contribution >= 0.6 is 0 Å². The first-order valence-corrected chi connectivity index (χ1v) is 8.52. The van der Waals surface area contributed by atoms with Crippen LogP contribution in [0.5, 0.6) is 0 Å². The molecule has 0 aromatic carbocycles. The number of sulfonamides is 1. The Hall–Kier alpha value is -1.57. The predicted molar refractivity (Wildman–Crippen MR) is 75.9 cm³/mol. The van der Waals surface area contributed by atoms with Gasteiger partial charge in [-0.1, -0.05) is 26.0 Å². The molecular formula is C13H20N2O5S. The van der Waals surface area contributed by atoms with Gasteiger partial charge in [0.1, 0.15) is 12.1 Å². The van der Waals surface area contributed by atoms with E-state index in [-0.39, 0.29) is 12.5 Å². The van der Waals surface area contributed by atoms with Gasteiger partial charge < -0.3 is 10.1 Å². The molecule has 118 valence electrons. The standard InChI is InChI=1S/C13H20N2O5S/c1-3-7-20-12(17)14-13(8-9(13)4-2)11(16)15-21(18,19)10-5-6-10/h3,9-10H,1,4-8H2,2H3,(H,14,17)(H,15,16)/t9-,13-/m1/s1. The lowest BCUT2D eigenvalue weighted by molar-refractivity contribution is -0.122. The summed E-state index contributed by atoms with van der Waals surface area (Å²) in [5, 5.41) is 2.02. The summed E-state index contributed by atoms with van der Waals surface area (Å²) in [4.78, 5) is 23.9. The fourth-order valence-electron chi connectivity index (χ4n) is 2.35. The van der Waals surface area contributed by atoms with E-state index >= 15 is 0 Å². The van der Waals surface area contributed by atoms with Gasteiger partial charge in [-0.15, -0.1) is 0 Å². The summed E-state index contributed by atoms with van der Waals surface area (Å²) in [5.74, 6) is -0.750. The van der Waals surface area contributed by atoms with Gasteiger partial charge in [-0.25, -0.2) is 13.2 Å². The molecule has 0 spiro atoms. The van der Waals surface area contributed by atoms with Crippen LogP contribution in [0.3, 0.4) is 0 Å². The minimum absolute atomic E-state index is 0.0285. The van der Waals surface area contributed by atoms with E-state index in [0.29, 0.717) is 25.7 Å². The number of amides is 2. The molecule has 0 saturated heterocycles. The number of hydrogen-bond acceptors (Lipinski definition) is 5. The second kappa shape index (κ2) is 5.67. The van der Waals surface area contributed by atoms with Crippen molar-refractivity contribution >= 4 is 22.0 Å². The summed E-state index contributed by atoms with van der Waals surface area (Å²) >= 11 is 0. The van der Waals surface area contributed by atoms with Gasteiger partial charge in [-0.05, 0) is 25.2 Å². The minimum Gasteiger partial charge on any atom is -0.445 e. The van der Waals surface area contributed by atoms with E-state index in [2.05, 4.69) is 16.6 Å². The molecule has 2 fully saturated rings. The van der Waals surface area contributed by atoms with Crippen molar-refractivity contribution in [2.75, 3.05) is 6.61 Å². The molecule has 0 radical (unpaired) electrons. The summed E-state index contributed by atoms with van der Waals surface area (Å²) < 4.78 is 30.6. The maximum absolute atomic E-state index is 12.3. The fraction of sp³-hybridized carbons (Fsp3) is 0.692. The number of nitrogens with one attached hydrogen (secondary N) is 2. The molecule has 0 heterocycles. The molecule has 2 aliphatic rings. The highest BCUT2D eigenvalue weighted by Crippen LogP contribution is 2.46. The Balaban J connectivity index is 2.02. The average Bonchev–Trinajstić information content (AvgIpc) is 3.28. The van der Waals surface area contributed by atoms with E-state index in [1.807, 2.05) is 6.92 Å². The Labute approximate surface area is 124 Å². The van der Waals surface area contributed by atoms with E-state index in [4.69, 9.17) is 4.74 Å². The van der Waals surface area contributed by atoms with E-state index in [0.717, 1.165) is 0 Å². The Morgan fingerprint density at radius 1 is 1.43 bits per heavy atom. The molecule has 0 aromatic heterocycles. The molecule has 0 aliphatic heterocycles. The number of rotatable bonds is 7. The number of carbonyl (C=O) groups excluding carboxylic acids is 2. The Morgan fingerprint density at radius 2 is 2.10 bits per heavy atom. The third kappa shape index (κ3) is 3.37. The number of alkyl carbamates (subject to hydrolysis) is 1. The van der Waals surface area contributed by atoms with E-state index in [1.165, 1.54) is 6.08 Å². The van der Waals surface area contributed by atoms with Crippen molar-refractivity contribution < 1.29 is 22.7 Å². The van der Waals surface area contributed by atoms with Crippen LogP contribution in [0.15, 0.2) is 12.7 Å². The summed E-state index contributed by atoms with van der Waals surface area (Å²) in [6.45, 7) is 5.33. The largest absolute Gasteiger partial charge is 0.445 e. The quantitative estimate of drug-likeness (QED) is 0.672. The second-order valence-electron chi connectivity index (χ2n) is 5.47. The number of ether oxygens (including phenoxy) is 1. The first kappa shape index (κ1) is 15.8. The zero-order valence-corrected chi connectivity index (χ0v) is 12.7. The van der Waals surface area contributed by atoms with Gasteiger partial charge in [0, 0.05) is 0 Å². The normalized spacial score (nSPS) is 27.6. The van der Waals surface area contributed by atoms with Gasteiger partial charge in [0.15, 0.2) is 0 Å². The van der Waals surface area contributed by atoms with Gasteiger partial charge in [-0.2, -0.15) is 0 Å². The molecule has 0 bridgehead atoms. The van der Waals surface area contributed by atoms with Crippen LogP contribution in [0.1, 0.15) is 32.6 Å². The number of hydrogen-bond donors (Lipinski definition) is 2. The molecule has 7 nitrogen and oxygen atoms in total. The highest BCUT2D eigenvalue weighted by atomic mass is 32.2. The predicted octanol–water partition coefficient (Wildman–Crippen LogP) is 0.676. The smallest absolute Gasteiger partial charge is 0.408 e. The molecule has 2 N–H and O–H groups in total. The lowest BCUT2D eigenvalue weighted by Gasteiger charge is -2.18. The maximum Gasteiger partial charge on any atom is 0.408 e. The minimum atomic E-state index is -3.62. The zero-order valence-electron chi connectivity index (χ0n) is 11.9. The monoisotopic (exact) mass is 316 g/mol. The Bertz CT molecular complexity index is 555. The van der Waals surface area contributed by atoms with Crippen molar-refractivity contribution in [1.82, 2.24) is 10.0 Å². The van der Waals surface area contributed by atoms with Gasteiger partial charge in [0.2, 0.25) is 10.0 Å². The van der Waals surface area contributed by atoms with Crippen LogP contribution in [0.4, 0.5) is 4.79 Å². The first-order chi connectivity index (χ1) is 9.85. The van der Waals surface area contributed by atoms with E-state index in [9.17, 15) is 18.0 Å². The molecule has 2 amide bonds. The third-order valence-electron chi connectivity index (χ3n) is 3.86. The number of carbonyl (C=O) groups is 2.